The number of halogens is 1. The second-order valence-corrected chi connectivity index (χ2v) is 4.81. The fourth-order valence-electron chi connectivity index (χ4n) is 2.25. The minimum atomic E-state index is -0.272. The first kappa shape index (κ1) is 12.8. The molecule has 4 heteroatoms. The molecule has 0 aliphatic heterocycles. The summed E-state index contributed by atoms with van der Waals surface area (Å²) >= 11 is 0. The summed E-state index contributed by atoms with van der Waals surface area (Å²) in [6.45, 7) is 1.17. The molecule has 96 valence electrons. The Hall–Kier alpha value is -1.60. The van der Waals surface area contributed by atoms with Gasteiger partial charge in [-0.25, -0.2) is 4.39 Å². The van der Waals surface area contributed by atoms with Gasteiger partial charge in [-0.05, 0) is 31.0 Å². The molecule has 0 unspecified atom stereocenters. The average Bonchev–Trinajstić information content (AvgIpc) is 2.33. The largest absolute Gasteiger partial charge is 0.496 e. The number of rotatable bonds is 5. The van der Waals surface area contributed by atoms with Gasteiger partial charge in [0.2, 0.25) is 0 Å². The number of nitriles is 1. The maximum Gasteiger partial charge on any atom is 0.123 e. The van der Waals surface area contributed by atoms with Gasteiger partial charge in [0.25, 0.3) is 0 Å². The van der Waals surface area contributed by atoms with Crippen LogP contribution in [-0.4, -0.2) is 13.7 Å². The van der Waals surface area contributed by atoms with E-state index in [1.807, 2.05) is 0 Å². The van der Waals surface area contributed by atoms with E-state index in [0.717, 1.165) is 24.8 Å². The second-order valence-electron chi connectivity index (χ2n) is 4.81. The fourth-order valence-corrected chi connectivity index (χ4v) is 2.25. The van der Waals surface area contributed by atoms with Crippen LogP contribution in [0.25, 0.3) is 0 Å². The van der Waals surface area contributed by atoms with Gasteiger partial charge < -0.3 is 10.1 Å². The molecular formula is C14H17FN2O. The molecule has 1 aromatic carbocycles. The zero-order valence-corrected chi connectivity index (χ0v) is 10.5. The molecule has 0 amide bonds. The van der Waals surface area contributed by atoms with Crippen LogP contribution in [0.2, 0.25) is 0 Å². The van der Waals surface area contributed by atoms with E-state index in [0.29, 0.717) is 18.8 Å². The topological polar surface area (TPSA) is 45.0 Å². The Labute approximate surface area is 107 Å². The van der Waals surface area contributed by atoms with Gasteiger partial charge >= 0.3 is 0 Å². The predicted octanol–water partition coefficient (Wildman–Crippen LogP) is 2.62. The van der Waals surface area contributed by atoms with Gasteiger partial charge in [0.15, 0.2) is 0 Å². The highest BCUT2D eigenvalue weighted by Gasteiger charge is 2.36. The molecule has 0 heterocycles. The minimum absolute atomic E-state index is 0.208. The van der Waals surface area contributed by atoms with Crippen LogP contribution in [0.15, 0.2) is 18.2 Å². The zero-order chi connectivity index (χ0) is 13.0. The lowest BCUT2D eigenvalue weighted by atomic mass is 9.70. The number of nitrogens with one attached hydrogen (secondary N) is 1. The van der Waals surface area contributed by atoms with Crippen molar-refractivity contribution in [1.82, 2.24) is 5.32 Å². The zero-order valence-electron chi connectivity index (χ0n) is 10.5. The summed E-state index contributed by atoms with van der Waals surface area (Å²) in [6.07, 6.45) is 3.03. The lowest BCUT2D eigenvalue weighted by molar-refractivity contribution is 0.206. The standard InChI is InChI=1S/C14H17FN2O/c1-18-13-4-3-12(15)7-11(13)8-17-10-14(9-16)5-2-6-14/h3-4,7,17H,2,5-6,8,10H2,1H3. The monoisotopic (exact) mass is 248 g/mol. The van der Waals surface area contributed by atoms with Gasteiger partial charge in [-0.1, -0.05) is 6.42 Å². The van der Waals surface area contributed by atoms with E-state index in [4.69, 9.17) is 10.00 Å². The maximum atomic E-state index is 13.2. The van der Waals surface area contributed by atoms with Crippen molar-refractivity contribution in [2.75, 3.05) is 13.7 Å². The number of nitrogens with zero attached hydrogens (tertiary/aromatic N) is 1. The molecule has 1 N–H and O–H groups in total. The van der Waals surface area contributed by atoms with Gasteiger partial charge in [-0.3, -0.25) is 0 Å². The summed E-state index contributed by atoms with van der Waals surface area (Å²) in [7, 11) is 1.57. The van der Waals surface area contributed by atoms with Crippen molar-refractivity contribution < 1.29 is 9.13 Å². The van der Waals surface area contributed by atoms with Crippen LogP contribution in [0.1, 0.15) is 24.8 Å². The molecule has 0 saturated heterocycles. The molecule has 1 aromatic rings. The van der Waals surface area contributed by atoms with E-state index in [-0.39, 0.29) is 11.2 Å². The number of benzene rings is 1. The smallest absolute Gasteiger partial charge is 0.123 e. The van der Waals surface area contributed by atoms with E-state index in [2.05, 4.69) is 11.4 Å². The highest BCUT2D eigenvalue weighted by Crippen LogP contribution is 2.39. The van der Waals surface area contributed by atoms with Gasteiger partial charge in [0, 0.05) is 18.7 Å². The van der Waals surface area contributed by atoms with E-state index in [1.54, 1.807) is 13.2 Å². The molecule has 1 saturated carbocycles. The number of ether oxygens (including phenoxy) is 1. The SMILES string of the molecule is COc1ccc(F)cc1CNCC1(C#N)CCC1. The van der Waals surface area contributed by atoms with E-state index < -0.39 is 0 Å². The third kappa shape index (κ3) is 2.62. The van der Waals surface area contributed by atoms with E-state index in [1.165, 1.54) is 12.1 Å². The van der Waals surface area contributed by atoms with Crippen molar-refractivity contribution in [2.24, 2.45) is 5.41 Å². The molecule has 0 radical (unpaired) electrons. The van der Waals surface area contributed by atoms with Crippen molar-refractivity contribution in [1.29, 1.82) is 5.26 Å². The van der Waals surface area contributed by atoms with Crippen LogP contribution in [0.5, 0.6) is 5.75 Å². The molecule has 3 nitrogen and oxygen atoms in total. The molecule has 2 rings (SSSR count). The summed E-state index contributed by atoms with van der Waals surface area (Å²) in [6, 6.07) is 6.84. The van der Waals surface area contributed by atoms with Crippen molar-refractivity contribution in [3.63, 3.8) is 0 Å². The van der Waals surface area contributed by atoms with Crippen molar-refractivity contribution in [2.45, 2.75) is 25.8 Å². The van der Waals surface area contributed by atoms with Crippen LogP contribution < -0.4 is 10.1 Å². The third-order valence-corrected chi connectivity index (χ3v) is 3.57. The number of hydrogen-bond donors (Lipinski definition) is 1. The third-order valence-electron chi connectivity index (χ3n) is 3.57. The molecule has 1 fully saturated rings. The van der Waals surface area contributed by atoms with Crippen LogP contribution in [0.4, 0.5) is 4.39 Å². The molecule has 0 spiro atoms. The average molecular weight is 248 g/mol. The van der Waals surface area contributed by atoms with Gasteiger partial charge in [-0.2, -0.15) is 5.26 Å². The predicted molar refractivity (Wildman–Crippen MR) is 66.6 cm³/mol. The number of hydrogen-bond acceptors (Lipinski definition) is 3. The van der Waals surface area contributed by atoms with Crippen LogP contribution in [0.3, 0.4) is 0 Å². The summed E-state index contributed by atoms with van der Waals surface area (Å²) in [5, 5.41) is 12.3. The van der Waals surface area contributed by atoms with Gasteiger partial charge in [-0.15, -0.1) is 0 Å². The first-order valence-electron chi connectivity index (χ1n) is 6.13. The Morgan fingerprint density at radius 1 is 1.50 bits per heavy atom. The summed E-state index contributed by atoms with van der Waals surface area (Å²) < 4.78 is 18.3. The molecule has 18 heavy (non-hydrogen) atoms. The Morgan fingerprint density at radius 3 is 2.83 bits per heavy atom. The lowest BCUT2D eigenvalue weighted by Gasteiger charge is -2.35. The van der Waals surface area contributed by atoms with Crippen molar-refractivity contribution in [3.05, 3.63) is 29.6 Å². The summed E-state index contributed by atoms with van der Waals surface area (Å²) in [5.41, 5.74) is 0.575. The lowest BCUT2D eigenvalue weighted by Crippen LogP contribution is -2.38. The Kier molecular flexibility index (Phi) is 3.83. The Bertz CT molecular complexity index is 463. The van der Waals surface area contributed by atoms with E-state index in [9.17, 15) is 4.39 Å². The maximum absolute atomic E-state index is 13.2. The fraction of sp³-hybridized carbons (Fsp3) is 0.500. The van der Waals surface area contributed by atoms with Crippen molar-refractivity contribution >= 4 is 0 Å². The summed E-state index contributed by atoms with van der Waals surface area (Å²) in [4.78, 5) is 0. The first-order valence-corrected chi connectivity index (χ1v) is 6.13. The second kappa shape index (κ2) is 5.36. The normalized spacial score (nSPS) is 16.7. The molecule has 0 aromatic heterocycles. The molecular weight excluding hydrogens is 231 g/mol. The highest BCUT2D eigenvalue weighted by molar-refractivity contribution is 5.33. The minimum Gasteiger partial charge on any atom is -0.496 e. The van der Waals surface area contributed by atoms with Crippen LogP contribution in [0, 0.1) is 22.6 Å². The summed E-state index contributed by atoms with van der Waals surface area (Å²) in [5.74, 6) is 0.398. The van der Waals surface area contributed by atoms with Gasteiger partial charge in [0.05, 0.1) is 18.6 Å². The first-order chi connectivity index (χ1) is 8.69. The van der Waals surface area contributed by atoms with Crippen molar-refractivity contribution in [3.8, 4) is 11.8 Å². The molecule has 1 aliphatic rings. The Balaban J connectivity index is 1.94. The van der Waals surface area contributed by atoms with E-state index >= 15 is 0 Å². The highest BCUT2D eigenvalue weighted by atomic mass is 19.1. The van der Waals surface area contributed by atoms with Crippen LogP contribution >= 0.6 is 0 Å². The quantitative estimate of drug-likeness (QED) is 0.871. The Morgan fingerprint density at radius 2 is 2.28 bits per heavy atom. The molecule has 0 bridgehead atoms. The molecule has 0 atom stereocenters. The number of methoxy groups -OCH3 is 1. The van der Waals surface area contributed by atoms with Crippen LogP contribution in [-0.2, 0) is 6.54 Å². The molecule has 1 aliphatic carbocycles. The van der Waals surface area contributed by atoms with Gasteiger partial charge in [0.1, 0.15) is 11.6 Å².